The van der Waals surface area contributed by atoms with Crippen molar-refractivity contribution in [2.75, 3.05) is 11.9 Å². The van der Waals surface area contributed by atoms with Crippen LogP contribution in [-0.2, 0) is 12.8 Å². The van der Waals surface area contributed by atoms with Gasteiger partial charge >= 0.3 is 0 Å². The zero-order chi connectivity index (χ0) is 17.2. The lowest BCUT2D eigenvalue weighted by molar-refractivity contribution is 0.0937. The molecule has 25 heavy (non-hydrogen) atoms. The number of H-pyrrole nitrogens is 1. The Balaban J connectivity index is 1.29. The molecule has 0 aliphatic heterocycles. The smallest absolute Gasteiger partial charge is 0.254 e. The molecule has 0 spiro atoms. The number of aryl methyl sites for hydroxylation is 2. The third kappa shape index (κ3) is 3.50. The summed E-state index contributed by atoms with van der Waals surface area (Å²) in [6, 6.07) is 0.441. The maximum absolute atomic E-state index is 11.9. The molecule has 0 bridgehead atoms. The zero-order valence-corrected chi connectivity index (χ0v) is 14.5. The number of carbonyl (C=O) groups excluding carboxylic acids is 1. The molecule has 132 valence electrons. The van der Waals surface area contributed by atoms with Crippen LogP contribution in [0.4, 0.5) is 5.82 Å². The van der Waals surface area contributed by atoms with Gasteiger partial charge in [0.1, 0.15) is 11.6 Å². The summed E-state index contributed by atoms with van der Waals surface area (Å²) in [5.74, 6) is 2.34. The predicted octanol–water partition coefficient (Wildman–Crippen LogP) is 2.01. The summed E-state index contributed by atoms with van der Waals surface area (Å²) in [6.07, 6.45) is 9.87. The van der Waals surface area contributed by atoms with Crippen LogP contribution in [-0.4, -0.2) is 38.7 Å². The Kier molecular flexibility index (Phi) is 4.38. The number of aromatic amines is 1. The molecule has 0 saturated heterocycles. The van der Waals surface area contributed by atoms with Gasteiger partial charge in [0.25, 0.3) is 5.91 Å². The number of fused-ring (bicyclic) bond motifs is 1. The van der Waals surface area contributed by atoms with E-state index in [9.17, 15) is 4.79 Å². The summed E-state index contributed by atoms with van der Waals surface area (Å²) >= 11 is 0. The first-order chi connectivity index (χ1) is 12.2. The van der Waals surface area contributed by atoms with Crippen molar-refractivity contribution in [3.63, 3.8) is 0 Å². The van der Waals surface area contributed by atoms with Crippen LogP contribution in [0.5, 0.6) is 0 Å². The normalized spacial score (nSPS) is 22.0. The summed E-state index contributed by atoms with van der Waals surface area (Å²) in [4.78, 5) is 21.2. The fourth-order valence-corrected chi connectivity index (χ4v) is 3.76. The molecular formula is C18H24N6O. The summed E-state index contributed by atoms with van der Waals surface area (Å²) < 4.78 is 0. The second-order valence-corrected chi connectivity index (χ2v) is 7.13. The Morgan fingerprint density at radius 1 is 1.28 bits per heavy atom. The highest BCUT2D eigenvalue weighted by molar-refractivity contribution is 5.93. The largest absolute Gasteiger partial charge is 0.367 e. The molecule has 0 radical (unpaired) electrons. The molecule has 2 aromatic heterocycles. The molecule has 1 amide bonds. The number of rotatable bonds is 5. The molecule has 1 fully saturated rings. The molecule has 7 heteroatoms. The number of nitrogens with one attached hydrogen (secondary N) is 3. The Morgan fingerprint density at radius 2 is 2.12 bits per heavy atom. The molecule has 2 aromatic rings. The van der Waals surface area contributed by atoms with Crippen LogP contribution in [0.2, 0.25) is 0 Å². The van der Waals surface area contributed by atoms with Crippen molar-refractivity contribution < 1.29 is 4.79 Å². The van der Waals surface area contributed by atoms with Crippen LogP contribution in [0.25, 0.3) is 0 Å². The van der Waals surface area contributed by atoms with Crippen LogP contribution in [0.1, 0.15) is 53.1 Å². The van der Waals surface area contributed by atoms with Crippen molar-refractivity contribution in [1.29, 1.82) is 0 Å². The van der Waals surface area contributed by atoms with E-state index in [0.717, 1.165) is 37.3 Å². The summed E-state index contributed by atoms with van der Waals surface area (Å²) in [6.45, 7) is 2.68. The van der Waals surface area contributed by atoms with Gasteiger partial charge in [-0.1, -0.05) is 0 Å². The number of nitrogens with zero attached hydrogens (tertiary/aromatic N) is 3. The van der Waals surface area contributed by atoms with Crippen molar-refractivity contribution in [3.8, 4) is 0 Å². The minimum absolute atomic E-state index is 0.0642. The standard InChI is InChI=1S/C18H24N6O/c1-11-22-16-5-3-2-4-15(16)17(23-11)24-14-6-12(7-14)8-19-18(25)13-9-20-21-10-13/h9-10,12,14H,2-8H2,1H3,(H,19,25)(H,20,21)(H,22,23,24). The Hall–Kier alpha value is -2.44. The second-order valence-electron chi connectivity index (χ2n) is 7.13. The van der Waals surface area contributed by atoms with Gasteiger partial charge in [0.15, 0.2) is 0 Å². The van der Waals surface area contributed by atoms with Crippen molar-refractivity contribution in [2.24, 2.45) is 5.92 Å². The average Bonchev–Trinajstić information content (AvgIpc) is 3.10. The van der Waals surface area contributed by atoms with E-state index in [4.69, 9.17) is 0 Å². The first kappa shape index (κ1) is 16.1. The van der Waals surface area contributed by atoms with E-state index in [0.29, 0.717) is 24.1 Å². The molecule has 2 aliphatic rings. The molecule has 4 rings (SSSR count). The Bertz CT molecular complexity index is 751. The van der Waals surface area contributed by atoms with Crippen LogP contribution in [0, 0.1) is 12.8 Å². The molecule has 7 nitrogen and oxygen atoms in total. The molecule has 1 saturated carbocycles. The number of hydrogen-bond acceptors (Lipinski definition) is 5. The van der Waals surface area contributed by atoms with Gasteiger partial charge in [0, 0.05) is 30.0 Å². The third-order valence-electron chi connectivity index (χ3n) is 5.18. The lowest BCUT2D eigenvalue weighted by Gasteiger charge is -2.37. The van der Waals surface area contributed by atoms with E-state index in [1.807, 2.05) is 6.92 Å². The van der Waals surface area contributed by atoms with Crippen molar-refractivity contribution in [2.45, 2.75) is 51.5 Å². The Morgan fingerprint density at radius 3 is 2.92 bits per heavy atom. The fraction of sp³-hybridized carbons (Fsp3) is 0.556. The highest BCUT2D eigenvalue weighted by Gasteiger charge is 2.30. The molecule has 2 aliphatic carbocycles. The lowest BCUT2D eigenvalue weighted by atomic mass is 9.80. The van der Waals surface area contributed by atoms with Gasteiger partial charge in [-0.3, -0.25) is 9.89 Å². The first-order valence-electron chi connectivity index (χ1n) is 9.09. The molecule has 0 atom stereocenters. The summed E-state index contributed by atoms with van der Waals surface area (Å²) in [7, 11) is 0. The van der Waals surface area contributed by atoms with Gasteiger partial charge in [0.05, 0.1) is 11.8 Å². The third-order valence-corrected chi connectivity index (χ3v) is 5.18. The fourth-order valence-electron chi connectivity index (χ4n) is 3.76. The number of carbonyl (C=O) groups is 1. The maximum Gasteiger partial charge on any atom is 0.254 e. The van der Waals surface area contributed by atoms with Gasteiger partial charge in [-0.15, -0.1) is 0 Å². The summed E-state index contributed by atoms with van der Waals surface area (Å²) in [5.41, 5.74) is 3.12. The van der Waals surface area contributed by atoms with Crippen molar-refractivity contribution >= 4 is 11.7 Å². The van der Waals surface area contributed by atoms with Crippen molar-refractivity contribution in [1.82, 2.24) is 25.5 Å². The minimum atomic E-state index is -0.0642. The maximum atomic E-state index is 11.9. The number of hydrogen-bond donors (Lipinski definition) is 3. The van der Waals surface area contributed by atoms with E-state index >= 15 is 0 Å². The molecule has 0 aromatic carbocycles. The number of amides is 1. The minimum Gasteiger partial charge on any atom is -0.367 e. The SMILES string of the molecule is Cc1nc2c(c(NC3CC(CNC(=O)c4cn[nH]c4)C3)n1)CCCC2. The topological polar surface area (TPSA) is 95.6 Å². The highest BCUT2D eigenvalue weighted by Crippen LogP contribution is 2.32. The van der Waals surface area contributed by atoms with Crippen LogP contribution >= 0.6 is 0 Å². The highest BCUT2D eigenvalue weighted by atomic mass is 16.1. The monoisotopic (exact) mass is 340 g/mol. The molecular weight excluding hydrogens is 316 g/mol. The molecule has 3 N–H and O–H groups in total. The lowest BCUT2D eigenvalue weighted by Crippen LogP contribution is -2.42. The van der Waals surface area contributed by atoms with Gasteiger partial charge in [-0.25, -0.2) is 9.97 Å². The van der Waals surface area contributed by atoms with E-state index in [1.54, 1.807) is 12.4 Å². The molecule has 2 heterocycles. The van der Waals surface area contributed by atoms with E-state index < -0.39 is 0 Å². The van der Waals surface area contributed by atoms with Crippen LogP contribution in [0.3, 0.4) is 0 Å². The molecule has 0 unspecified atom stereocenters. The van der Waals surface area contributed by atoms with Crippen LogP contribution in [0.15, 0.2) is 12.4 Å². The predicted molar refractivity (Wildman–Crippen MR) is 94.5 cm³/mol. The van der Waals surface area contributed by atoms with Gasteiger partial charge in [-0.05, 0) is 51.4 Å². The van der Waals surface area contributed by atoms with Gasteiger partial charge in [-0.2, -0.15) is 5.10 Å². The quantitative estimate of drug-likeness (QED) is 0.774. The van der Waals surface area contributed by atoms with Gasteiger partial charge < -0.3 is 10.6 Å². The Labute approximate surface area is 147 Å². The first-order valence-corrected chi connectivity index (χ1v) is 9.09. The second kappa shape index (κ2) is 6.82. The van der Waals surface area contributed by atoms with E-state index in [2.05, 4.69) is 30.8 Å². The zero-order valence-electron chi connectivity index (χ0n) is 14.5. The number of aromatic nitrogens is 4. The van der Waals surface area contributed by atoms with E-state index in [-0.39, 0.29) is 5.91 Å². The van der Waals surface area contributed by atoms with Gasteiger partial charge in [0.2, 0.25) is 0 Å². The number of anilines is 1. The summed E-state index contributed by atoms with van der Waals surface area (Å²) in [5, 5.41) is 13.0. The van der Waals surface area contributed by atoms with Crippen LogP contribution < -0.4 is 10.6 Å². The average molecular weight is 340 g/mol. The van der Waals surface area contributed by atoms with Crippen molar-refractivity contribution in [3.05, 3.63) is 35.0 Å². The van der Waals surface area contributed by atoms with E-state index in [1.165, 1.54) is 24.1 Å².